The standard InChI is InChI=1S/C18H25N3O2/c22-16-8-13-10-19-9-12(13)7-15(16)21-18(23)14-5-1-3-11-4-2-6-20-17(11)14/h1,3,5,12-13,15-16,19-20,22H,2,4,6-10H2,(H,21,23)/t12-,13+,15-,16-/m0/s1. The normalized spacial score (nSPS) is 32.6. The number of aliphatic hydroxyl groups is 1. The molecule has 2 heterocycles. The van der Waals surface area contributed by atoms with Gasteiger partial charge in [-0.05, 0) is 62.2 Å². The third-order valence-electron chi connectivity index (χ3n) is 5.68. The molecule has 1 aromatic rings. The maximum atomic E-state index is 12.7. The molecule has 0 aromatic heterocycles. The van der Waals surface area contributed by atoms with E-state index in [4.69, 9.17) is 0 Å². The highest BCUT2D eigenvalue weighted by Crippen LogP contribution is 2.33. The second-order valence-electron chi connectivity index (χ2n) is 7.17. The number of amides is 1. The molecule has 5 heteroatoms. The summed E-state index contributed by atoms with van der Waals surface area (Å²) in [6, 6.07) is 5.78. The van der Waals surface area contributed by atoms with E-state index < -0.39 is 6.10 Å². The monoisotopic (exact) mass is 315 g/mol. The lowest BCUT2D eigenvalue weighted by Gasteiger charge is -2.36. The Balaban J connectivity index is 1.49. The Morgan fingerprint density at radius 1 is 1.22 bits per heavy atom. The summed E-state index contributed by atoms with van der Waals surface area (Å²) in [5.41, 5.74) is 2.90. The first-order valence-electron chi connectivity index (χ1n) is 8.78. The van der Waals surface area contributed by atoms with Gasteiger partial charge in [-0.3, -0.25) is 4.79 Å². The molecule has 1 aliphatic carbocycles. The number of benzene rings is 1. The zero-order chi connectivity index (χ0) is 15.8. The van der Waals surface area contributed by atoms with E-state index in [0.717, 1.165) is 51.0 Å². The summed E-state index contributed by atoms with van der Waals surface area (Å²) >= 11 is 0. The average Bonchev–Trinajstić information content (AvgIpc) is 3.01. The van der Waals surface area contributed by atoms with Gasteiger partial charge in [-0.1, -0.05) is 12.1 Å². The van der Waals surface area contributed by atoms with Crippen molar-refractivity contribution < 1.29 is 9.90 Å². The molecular weight excluding hydrogens is 290 g/mol. The van der Waals surface area contributed by atoms with Gasteiger partial charge in [-0.2, -0.15) is 0 Å². The molecule has 1 amide bonds. The third-order valence-corrected chi connectivity index (χ3v) is 5.68. The Kier molecular flexibility index (Phi) is 3.99. The summed E-state index contributed by atoms with van der Waals surface area (Å²) < 4.78 is 0. The van der Waals surface area contributed by atoms with Crippen LogP contribution in [0.2, 0.25) is 0 Å². The summed E-state index contributed by atoms with van der Waals surface area (Å²) in [6.45, 7) is 2.92. The van der Waals surface area contributed by atoms with Crippen molar-refractivity contribution >= 4 is 11.6 Å². The van der Waals surface area contributed by atoms with Gasteiger partial charge < -0.3 is 21.1 Å². The van der Waals surface area contributed by atoms with Gasteiger partial charge in [-0.25, -0.2) is 0 Å². The lowest BCUT2D eigenvalue weighted by molar-refractivity contribution is 0.0462. The van der Waals surface area contributed by atoms with Crippen molar-refractivity contribution in [2.75, 3.05) is 25.0 Å². The minimum Gasteiger partial charge on any atom is -0.391 e. The number of rotatable bonds is 2. The van der Waals surface area contributed by atoms with Gasteiger partial charge in [0.15, 0.2) is 0 Å². The maximum absolute atomic E-state index is 12.7. The number of para-hydroxylation sites is 1. The van der Waals surface area contributed by atoms with E-state index in [9.17, 15) is 9.90 Å². The molecule has 1 saturated heterocycles. The van der Waals surface area contributed by atoms with Crippen LogP contribution in [-0.2, 0) is 6.42 Å². The topological polar surface area (TPSA) is 73.4 Å². The molecule has 0 unspecified atom stereocenters. The second kappa shape index (κ2) is 6.13. The fourth-order valence-corrected chi connectivity index (χ4v) is 4.40. The number of carbonyl (C=O) groups is 1. The molecule has 0 bridgehead atoms. The Hall–Kier alpha value is -1.59. The third kappa shape index (κ3) is 2.83. The number of hydrogen-bond donors (Lipinski definition) is 4. The van der Waals surface area contributed by atoms with Crippen molar-refractivity contribution in [3.63, 3.8) is 0 Å². The van der Waals surface area contributed by atoms with Crippen LogP contribution in [0.4, 0.5) is 5.69 Å². The highest BCUT2D eigenvalue weighted by molar-refractivity contribution is 6.00. The molecule has 4 atom stereocenters. The Morgan fingerprint density at radius 3 is 2.91 bits per heavy atom. The van der Waals surface area contributed by atoms with E-state index in [1.807, 2.05) is 12.1 Å². The number of aliphatic hydroxyl groups excluding tert-OH is 1. The fourth-order valence-electron chi connectivity index (χ4n) is 4.40. The molecule has 124 valence electrons. The van der Waals surface area contributed by atoms with E-state index in [-0.39, 0.29) is 11.9 Å². The summed E-state index contributed by atoms with van der Waals surface area (Å²) in [7, 11) is 0. The lowest BCUT2D eigenvalue weighted by Crippen LogP contribution is -2.49. The maximum Gasteiger partial charge on any atom is 0.253 e. The zero-order valence-corrected chi connectivity index (χ0v) is 13.3. The van der Waals surface area contributed by atoms with Crippen molar-refractivity contribution in [3.05, 3.63) is 29.3 Å². The molecule has 5 nitrogen and oxygen atoms in total. The fraction of sp³-hybridized carbons (Fsp3) is 0.611. The number of hydrogen-bond acceptors (Lipinski definition) is 4. The minimum atomic E-state index is -0.437. The Bertz CT molecular complexity index is 604. The molecule has 2 fully saturated rings. The smallest absolute Gasteiger partial charge is 0.253 e. The van der Waals surface area contributed by atoms with Gasteiger partial charge in [-0.15, -0.1) is 0 Å². The van der Waals surface area contributed by atoms with Crippen molar-refractivity contribution in [1.82, 2.24) is 10.6 Å². The van der Waals surface area contributed by atoms with Crippen molar-refractivity contribution in [2.45, 2.75) is 37.8 Å². The predicted octanol–water partition coefficient (Wildman–Crippen LogP) is 1.13. The molecule has 1 aromatic carbocycles. The van der Waals surface area contributed by atoms with E-state index in [2.05, 4.69) is 22.0 Å². The van der Waals surface area contributed by atoms with Crippen LogP contribution in [0, 0.1) is 11.8 Å². The van der Waals surface area contributed by atoms with E-state index in [1.54, 1.807) is 0 Å². The molecule has 3 aliphatic rings. The predicted molar refractivity (Wildman–Crippen MR) is 89.6 cm³/mol. The summed E-state index contributed by atoms with van der Waals surface area (Å²) in [5.74, 6) is 1.07. The quantitative estimate of drug-likeness (QED) is 0.660. The zero-order valence-electron chi connectivity index (χ0n) is 13.3. The van der Waals surface area contributed by atoms with Crippen LogP contribution in [0.1, 0.15) is 35.2 Å². The van der Waals surface area contributed by atoms with Crippen LogP contribution in [0.25, 0.3) is 0 Å². The van der Waals surface area contributed by atoms with E-state index in [1.165, 1.54) is 5.56 Å². The first-order chi connectivity index (χ1) is 11.2. The summed E-state index contributed by atoms with van der Waals surface area (Å²) in [6.07, 6.45) is 3.34. The highest BCUT2D eigenvalue weighted by atomic mass is 16.3. The van der Waals surface area contributed by atoms with Gasteiger partial charge >= 0.3 is 0 Å². The second-order valence-corrected chi connectivity index (χ2v) is 7.17. The van der Waals surface area contributed by atoms with Gasteiger partial charge in [0.05, 0.1) is 23.4 Å². The number of aryl methyl sites for hydroxylation is 1. The van der Waals surface area contributed by atoms with Crippen LogP contribution in [0.5, 0.6) is 0 Å². The molecule has 1 saturated carbocycles. The Morgan fingerprint density at radius 2 is 2.04 bits per heavy atom. The van der Waals surface area contributed by atoms with Crippen LogP contribution >= 0.6 is 0 Å². The van der Waals surface area contributed by atoms with Crippen LogP contribution in [0.15, 0.2) is 18.2 Å². The largest absolute Gasteiger partial charge is 0.391 e. The number of nitrogens with one attached hydrogen (secondary N) is 3. The highest BCUT2D eigenvalue weighted by Gasteiger charge is 2.39. The lowest BCUT2D eigenvalue weighted by atomic mass is 9.77. The average molecular weight is 315 g/mol. The Labute approximate surface area is 136 Å². The van der Waals surface area contributed by atoms with Gasteiger partial charge in [0.2, 0.25) is 0 Å². The molecule has 4 rings (SSSR count). The first-order valence-corrected chi connectivity index (χ1v) is 8.78. The number of fused-ring (bicyclic) bond motifs is 2. The van der Waals surface area contributed by atoms with E-state index >= 15 is 0 Å². The molecule has 4 N–H and O–H groups in total. The molecule has 23 heavy (non-hydrogen) atoms. The van der Waals surface area contributed by atoms with Gasteiger partial charge in [0, 0.05) is 6.54 Å². The minimum absolute atomic E-state index is 0.0651. The SMILES string of the molecule is O=C(N[C@H]1C[C@H]2CNC[C@H]2C[C@@H]1O)c1cccc2c1NCCC2. The molecule has 2 aliphatic heterocycles. The van der Waals surface area contributed by atoms with Crippen LogP contribution < -0.4 is 16.0 Å². The van der Waals surface area contributed by atoms with Gasteiger partial charge in [0.25, 0.3) is 5.91 Å². The molecule has 0 radical (unpaired) electrons. The number of carbonyl (C=O) groups excluding carboxylic acids is 1. The number of anilines is 1. The molecular formula is C18H25N3O2. The first kappa shape index (κ1) is 15.0. The summed E-state index contributed by atoms with van der Waals surface area (Å²) in [4.78, 5) is 12.7. The summed E-state index contributed by atoms with van der Waals surface area (Å²) in [5, 5.41) is 20.2. The molecule has 0 spiro atoms. The van der Waals surface area contributed by atoms with Crippen molar-refractivity contribution in [2.24, 2.45) is 11.8 Å². The van der Waals surface area contributed by atoms with Gasteiger partial charge in [0.1, 0.15) is 0 Å². The van der Waals surface area contributed by atoms with E-state index in [0.29, 0.717) is 17.4 Å². The van der Waals surface area contributed by atoms with Crippen molar-refractivity contribution in [3.8, 4) is 0 Å². The van der Waals surface area contributed by atoms with Crippen molar-refractivity contribution in [1.29, 1.82) is 0 Å². The van der Waals surface area contributed by atoms with Crippen LogP contribution in [-0.4, -0.2) is 42.8 Å². The van der Waals surface area contributed by atoms with Crippen LogP contribution in [0.3, 0.4) is 0 Å².